The highest BCUT2D eigenvalue weighted by Gasteiger charge is 2.39. The zero-order valence-corrected chi connectivity index (χ0v) is 15.5. The fraction of sp³-hybridized carbons (Fsp3) is 0.211. The van der Waals surface area contributed by atoms with Crippen LogP contribution in [0.1, 0.15) is 30.9 Å². The minimum atomic E-state index is -0.720. The van der Waals surface area contributed by atoms with E-state index in [-0.39, 0.29) is 11.8 Å². The molecule has 25 heavy (non-hydrogen) atoms. The summed E-state index contributed by atoms with van der Waals surface area (Å²) >= 11 is 7.34. The molecule has 1 aromatic carbocycles. The van der Waals surface area contributed by atoms with Gasteiger partial charge in [-0.05, 0) is 17.2 Å². The minimum absolute atomic E-state index is 0.0914. The summed E-state index contributed by atoms with van der Waals surface area (Å²) in [5.41, 5.74) is 1.27. The van der Waals surface area contributed by atoms with Crippen LogP contribution in [0, 0.1) is 5.41 Å². The van der Waals surface area contributed by atoms with Gasteiger partial charge in [0.2, 0.25) is 5.91 Å². The Morgan fingerprint density at radius 3 is 2.48 bits per heavy atom. The number of rotatable bonds is 5. The van der Waals surface area contributed by atoms with E-state index < -0.39 is 5.41 Å². The van der Waals surface area contributed by atoms with Gasteiger partial charge in [0.05, 0.1) is 5.41 Å². The van der Waals surface area contributed by atoms with E-state index in [1.807, 2.05) is 55.6 Å². The number of carbonyl (C=O) groups is 1. The van der Waals surface area contributed by atoms with Crippen LogP contribution in [-0.2, 0) is 4.79 Å². The number of hydrogen-bond acceptors (Lipinski definition) is 4. The number of halogens is 1. The van der Waals surface area contributed by atoms with E-state index in [1.165, 1.54) is 11.3 Å². The van der Waals surface area contributed by atoms with Gasteiger partial charge in [-0.1, -0.05) is 61.8 Å². The molecule has 0 saturated carbocycles. The SMILES string of the molecule is CC(C)(C(=O)Nc1nccs1)C(c1ccccc1)c1ccc(Cl)nc1. The van der Waals surface area contributed by atoms with Crippen molar-refractivity contribution in [2.45, 2.75) is 19.8 Å². The smallest absolute Gasteiger partial charge is 0.232 e. The van der Waals surface area contributed by atoms with Crippen molar-refractivity contribution < 1.29 is 4.79 Å². The van der Waals surface area contributed by atoms with Crippen LogP contribution in [0.25, 0.3) is 0 Å². The van der Waals surface area contributed by atoms with Crippen LogP contribution in [0.15, 0.2) is 60.2 Å². The van der Waals surface area contributed by atoms with Crippen LogP contribution < -0.4 is 5.32 Å². The molecule has 0 aliphatic carbocycles. The van der Waals surface area contributed by atoms with E-state index >= 15 is 0 Å². The van der Waals surface area contributed by atoms with E-state index in [1.54, 1.807) is 18.5 Å². The average Bonchev–Trinajstić information content (AvgIpc) is 3.11. The summed E-state index contributed by atoms with van der Waals surface area (Å²) in [4.78, 5) is 21.3. The predicted octanol–water partition coefficient (Wildman–Crippen LogP) is 4.99. The maximum absolute atomic E-state index is 13.0. The van der Waals surface area contributed by atoms with E-state index in [9.17, 15) is 4.79 Å². The molecule has 2 heterocycles. The van der Waals surface area contributed by atoms with Crippen LogP contribution >= 0.6 is 22.9 Å². The van der Waals surface area contributed by atoms with Gasteiger partial charge in [-0.15, -0.1) is 11.3 Å². The largest absolute Gasteiger partial charge is 0.301 e. The predicted molar refractivity (Wildman–Crippen MR) is 102 cm³/mol. The lowest BCUT2D eigenvalue weighted by atomic mass is 9.71. The Bertz CT molecular complexity index is 833. The maximum Gasteiger partial charge on any atom is 0.232 e. The first-order chi connectivity index (χ1) is 12.0. The lowest BCUT2D eigenvalue weighted by Gasteiger charge is -2.33. The number of amides is 1. The number of pyridine rings is 1. The molecule has 0 fully saturated rings. The van der Waals surface area contributed by atoms with Crippen molar-refractivity contribution in [1.29, 1.82) is 0 Å². The third-order valence-electron chi connectivity index (χ3n) is 4.18. The molecule has 0 aliphatic heterocycles. The third kappa shape index (κ3) is 3.89. The molecule has 3 aromatic rings. The average molecular weight is 372 g/mol. The molecule has 2 aromatic heterocycles. The van der Waals surface area contributed by atoms with Gasteiger partial charge >= 0.3 is 0 Å². The van der Waals surface area contributed by atoms with E-state index in [0.717, 1.165) is 11.1 Å². The summed E-state index contributed by atoms with van der Waals surface area (Å²) in [5.74, 6) is -0.260. The summed E-state index contributed by atoms with van der Waals surface area (Å²) in [6.07, 6.45) is 3.41. The second-order valence-corrected chi connectivity index (χ2v) is 7.55. The molecule has 4 nitrogen and oxygen atoms in total. The highest BCUT2D eigenvalue weighted by Crippen LogP contribution is 2.41. The lowest BCUT2D eigenvalue weighted by Crippen LogP contribution is -2.37. The number of hydrogen-bond donors (Lipinski definition) is 1. The molecule has 6 heteroatoms. The molecule has 1 N–H and O–H groups in total. The topological polar surface area (TPSA) is 54.9 Å². The second-order valence-electron chi connectivity index (χ2n) is 6.27. The standard InChI is InChI=1S/C19H18ClN3OS/c1-19(2,17(24)23-18-21-10-11-25-18)16(13-6-4-3-5-7-13)14-8-9-15(20)22-12-14/h3-12,16H,1-2H3,(H,21,23,24). The number of thiazole rings is 1. The first-order valence-corrected chi connectivity index (χ1v) is 9.11. The first-order valence-electron chi connectivity index (χ1n) is 7.86. The van der Waals surface area contributed by atoms with Crippen molar-refractivity contribution in [3.05, 3.63) is 76.5 Å². The number of aromatic nitrogens is 2. The fourth-order valence-electron chi connectivity index (χ4n) is 2.90. The monoisotopic (exact) mass is 371 g/mol. The maximum atomic E-state index is 13.0. The van der Waals surface area contributed by atoms with Crippen LogP contribution in [0.3, 0.4) is 0 Å². The Morgan fingerprint density at radius 2 is 1.88 bits per heavy atom. The van der Waals surface area contributed by atoms with Gasteiger partial charge in [-0.25, -0.2) is 9.97 Å². The van der Waals surface area contributed by atoms with Gasteiger partial charge in [0.15, 0.2) is 5.13 Å². The van der Waals surface area contributed by atoms with Crippen molar-refractivity contribution >= 4 is 34.0 Å². The first kappa shape index (κ1) is 17.6. The quantitative estimate of drug-likeness (QED) is 0.643. The van der Waals surface area contributed by atoms with E-state index in [4.69, 9.17) is 11.6 Å². The highest BCUT2D eigenvalue weighted by atomic mass is 35.5. The van der Waals surface area contributed by atoms with Crippen LogP contribution in [0.2, 0.25) is 5.15 Å². The van der Waals surface area contributed by atoms with E-state index in [2.05, 4.69) is 15.3 Å². The summed E-state index contributed by atoms with van der Waals surface area (Å²) in [5, 5.41) is 5.78. The summed E-state index contributed by atoms with van der Waals surface area (Å²) < 4.78 is 0. The van der Waals surface area contributed by atoms with Crippen LogP contribution in [0.5, 0.6) is 0 Å². The van der Waals surface area contributed by atoms with Crippen molar-refractivity contribution in [1.82, 2.24) is 9.97 Å². The van der Waals surface area contributed by atoms with Gasteiger partial charge in [0.25, 0.3) is 0 Å². The second kappa shape index (κ2) is 7.33. The zero-order chi connectivity index (χ0) is 17.9. The Balaban J connectivity index is 2.00. The number of carbonyl (C=O) groups excluding carboxylic acids is 1. The van der Waals surface area contributed by atoms with Gasteiger partial charge in [0.1, 0.15) is 5.15 Å². The molecule has 1 atom stereocenters. The molecular weight excluding hydrogens is 354 g/mol. The Labute approximate surface area is 155 Å². The van der Waals surface area contributed by atoms with Gasteiger partial charge in [-0.3, -0.25) is 4.79 Å². The molecule has 1 unspecified atom stereocenters. The summed E-state index contributed by atoms with van der Waals surface area (Å²) in [7, 11) is 0. The molecule has 0 saturated heterocycles. The van der Waals surface area contributed by atoms with Gasteiger partial charge < -0.3 is 5.32 Å². The summed E-state index contributed by atoms with van der Waals surface area (Å²) in [6.45, 7) is 3.87. The number of anilines is 1. The molecule has 0 radical (unpaired) electrons. The van der Waals surface area contributed by atoms with Crippen LogP contribution in [-0.4, -0.2) is 15.9 Å². The van der Waals surface area contributed by atoms with Crippen molar-refractivity contribution in [3.63, 3.8) is 0 Å². The van der Waals surface area contributed by atoms with Crippen molar-refractivity contribution in [2.24, 2.45) is 5.41 Å². The molecule has 3 rings (SSSR count). The molecule has 128 valence electrons. The van der Waals surface area contributed by atoms with Crippen molar-refractivity contribution in [3.8, 4) is 0 Å². The van der Waals surface area contributed by atoms with Crippen molar-refractivity contribution in [2.75, 3.05) is 5.32 Å². The zero-order valence-electron chi connectivity index (χ0n) is 13.9. The molecule has 0 aliphatic rings. The third-order valence-corrected chi connectivity index (χ3v) is 5.09. The summed E-state index contributed by atoms with van der Waals surface area (Å²) in [6, 6.07) is 13.6. The number of nitrogens with one attached hydrogen (secondary N) is 1. The number of benzene rings is 1. The Kier molecular flexibility index (Phi) is 5.16. The van der Waals surface area contributed by atoms with Crippen LogP contribution in [0.4, 0.5) is 5.13 Å². The fourth-order valence-corrected chi connectivity index (χ4v) is 3.54. The highest BCUT2D eigenvalue weighted by molar-refractivity contribution is 7.13. The van der Waals surface area contributed by atoms with E-state index in [0.29, 0.717) is 10.3 Å². The normalized spacial score (nSPS) is 12.6. The molecular formula is C19H18ClN3OS. The molecule has 0 bridgehead atoms. The Morgan fingerprint density at radius 1 is 1.12 bits per heavy atom. The minimum Gasteiger partial charge on any atom is -0.301 e. The number of nitrogens with zero attached hydrogens (tertiary/aromatic N) is 2. The van der Waals surface area contributed by atoms with Gasteiger partial charge in [-0.2, -0.15) is 0 Å². The molecule has 1 amide bonds. The Hall–Kier alpha value is -2.24. The van der Waals surface area contributed by atoms with Gasteiger partial charge in [0, 0.05) is 23.7 Å². The molecule has 0 spiro atoms. The lowest BCUT2D eigenvalue weighted by molar-refractivity contribution is -0.124.